The average Bonchev–Trinajstić information content (AvgIpc) is 2.73. The Balaban J connectivity index is 1.97. The molecule has 1 aromatic carbocycles. The maximum atomic E-state index is 12.6. The van der Waals surface area contributed by atoms with E-state index in [1.165, 1.54) is 0 Å². The zero-order valence-corrected chi connectivity index (χ0v) is 13.6. The summed E-state index contributed by atoms with van der Waals surface area (Å²) in [5.74, 6) is 0.913. The highest BCUT2D eigenvalue weighted by Gasteiger charge is 2.19. The van der Waals surface area contributed by atoms with E-state index in [1.54, 1.807) is 0 Å². The van der Waals surface area contributed by atoms with Crippen molar-refractivity contribution in [3.05, 3.63) is 42.5 Å². The molecular weight excluding hydrogens is 276 g/mol. The molecule has 0 bridgehead atoms. The molecule has 22 heavy (non-hydrogen) atoms. The summed E-state index contributed by atoms with van der Waals surface area (Å²) in [6.07, 6.45) is 3.07. The summed E-state index contributed by atoms with van der Waals surface area (Å²) < 4.78 is 5.61. The number of hydrogen-bond donors (Lipinski definition) is 0. The number of rotatable bonds is 5. The maximum absolute atomic E-state index is 12.6. The third kappa shape index (κ3) is 4.60. The molecule has 120 valence electrons. The van der Waals surface area contributed by atoms with Gasteiger partial charge in [0.2, 0.25) is 0 Å². The number of amides is 1. The van der Waals surface area contributed by atoms with Gasteiger partial charge in [0.1, 0.15) is 5.75 Å². The van der Waals surface area contributed by atoms with Crippen molar-refractivity contribution >= 4 is 5.91 Å². The molecule has 0 radical (unpaired) electrons. The Morgan fingerprint density at radius 3 is 2.59 bits per heavy atom. The van der Waals surface area contributed by atoms with Gasteiger partial charge in [0.05, 0.1) is 6.10 Å². The Labute approximate surface area is 133 Å². The van der Waals surface area contributed by atoms with Crippen LogP contribution in [0.3, 0.4) is 0 Å². The molecule has 0 aliphatic carbocycles. The van der Waals surface area contributed by atoms with Crippen molar-refractivity contribution in [2.24, 2.45) is 0 Å². The minimum Gasteiger partial charge on any atom is -0.491 e. The number of benzene rings is 1. The van der Waals surface area contributed by atoms with Gasteiger partial charge in [-0.25, -0.2) is 0 Å². The third-order valence-corrected chi connectivity index (χ3v) is 3.74. The lowest BCUT2D eigenvalue weighted by Gasteiger charge is -2.21. The van der Waals surface area contributed by atoms with Crippen molar-refractivity contribution in [2.75, 3.05) is 32.7 Å². The van der Waals surface area contributed by atoms with E-state index in [4.69, 9.17) is 4.74 Å². The monoisotopic (exact) mass is 302 g/mol. The van der Waals surface area contributed by atoms with Crippen LogP contribution in [0.15, 0.2) is 36.9 Å². The fourth-order valence-electron chi connectivity index (χ4n) is 2.67. The molecule has 0 unspecified atom stereocenters. The highest BCUT2D eigenvalue weighted by atomic mass is 16.5. The predicted octanol–water partition coefficient (Wildman–Crippen LogP) is 2.81. The van der Waals surface area contributed by atoms with E-state index in [9.17, 15) is 4.79 Å². The van der Waals surface area contributed by atoms with Crippen LogP contribution in [0.1, 0.15) is 30.6 Å². The summed E-state index contributed by atoms with van der Waals surface area (Å²) in [4.78, 5) is 16.9. The van der Waals surface area contributed by atoms with E-state index >= 15 is 0 Å². The zero-order valence-electron chi connectivity index (χ0n) is 13.6. The number of nitrogens with zero attached hydrogens (tertiary/aromatic N) is 2. The van der Waals surface area contributed by atoms with Crippen LogP contribution in [0.25, 0.3) is 0 Å². The summed E-state index contributed by atoms with van der Waals surface area (Å²) in [7, 11) is 0. The molecule has 1 aromatic rings. The van der Waals surface area contributed by atoms with Gasteiger partial charge in [0, 0.05) is 38.3 Å². The van der Waals surface area contributed by atoms with Gasteiger partial charge in [0.15, 0.2) is 0 Å². The van der Waals surface area contributed by atoms with E-state index in [2.05, 4.69) is 11.5 Å². The van der Waals surface area contributed by atoms with Crippen molar-refractivity contribution in [1.82, 2.24) is 9.80 Å². The summed E-state index contributed by atoms with van der Waals surface area (Å²) in [6, 6.07) is 7.45. The first-order chi connectivity index (χ1) is 10.6. The standard InChI is InChI=1S/C18H26N2O2/c1-4-10-19-11-5-12-20(14-13-19)18(21)16-6-8-17(9-7-16)22-15(2)3/h4,6-9,15H,1,5,10-14H2,2-3H3. The van der Waals surface area contributed by atoms with Crippen LogP contribution < -0.4 is 4.74 Å². The molecule has 1 saturated heterocycles. The van der Waals surface area contributed by atoms with E-state index in [0.717, 1.165) is 50.5 Å². The Kier molecular flexibility index (Phi) is 6.01. The van der Waals surface area contributed by atoms with E-state index in [1.807, 2.05) is 49.1 Å². The van der Waals surface area contributed by atoms with Crippen molar-refractivity contribution in [2.45, 2.75) is 26.4 Å². The van der Waals surface area contributed by atoms with Crippen LogP contribution >= 0.6 is 0 Å². The maximum Gasteiger partial charge on any atom is 0.253 e. The van der Waals surface area contributed by atoms with Gasteiger partial charge in [-0.15, -0.1) is 6.58 Å². The van der Waals surface area contributed by atoms with Gasteiger partial charge < -0.3 is 9.64 Å². The van der Waals surface area contributed by atoms with Crippen LogP contribution in [0, 0.1) is 0 Å². The summed E-state index contributed by atoms with van der Waals surface area (Å²) >= 11 is 0. The normalized spacial score (nSPS) is 16.4. The molecule has 0 aromatic heterocycles. The van der Waals surface area contributed by atoms with Crippen molar-refractivity contribution in [3.8, 4) is 5.75 Å². The van der Waals surface area contributed by atoms with E-state index in [-0.39, 0.29) is 12.0 Å². The lowest BCUT2D eigenvalue weighted by molar-refractivity contribution is 0.0762. The molecule has 1 fully saturated rings. The minimum atomic E-state index is 0.108. The summed E-state index contributed by atoms with van der Waals surface area (Å²) in [5.41, 5.74) is 0.730. The largest absolute Gasteiger partial charge is 0.491 e. The van der Waals surface area contributed by atoms with E-state index in [0.29, 0.717) is 0 Å². The Bertz CT molecular complexity index is 496. The molecule has 4 nitrogen and oxygen atoms in total. The molecule has 0 atom stereocenters. The van der Waals surface area contributed by atoms with Gasteiger partial charge in [-0.2, -0.15) is 0 Å². The Hall–Kier alpha value is -1.81. The molecule has 1 amide bonds. The molecule has 0 spiro atoms. The predicted molar refractivity (Wildman–Crippen MR) is 89.4 cm³/mol. The van der Waals surface area contributed by atoms with Crippen molar-refractivity contribution < 1.29 is 9.53 Å². The van der Waals surface area contributed by atoms with Crippen LogP contribution in [0.2, 0.25) is 0 Å². The van der Waals surface area contributed by atoms with Gasteiger partial charge in [-0.3, -0.25) is 9.69 Å². The second kappa shape index (κ2) is 7.99. The molecular formula is C18H26N2O2. The number of ether oxygens (including phenoxy) is 1. The van der Waals surface area contributed by atoms with Crippen molar-refractivity contribution in [1.29, 1.82) is 0 Å². The average molecular weight is 302 g/mol. The fourth-order valence-corrected chi connectivity index (χ4v) is 2.67. The molecule has 0 N–H and O–H groups in total. The van der Waals surface area contributed by atoms with E-state index < -0.39 is 0 Å². The van der Waals surface area contributed by atoms with Gasteiger partial charge in [-0.05, 0) is 44.5 Å². The second-order valence-electron chi connectivity index (χ2n) is 5.93. The first kappa shape index (κ1) is 16.6. The molecule has 0 saturated carbocycles. The Morgan fingerprint density at radius 1 is 1.23 bits per heavy atom. The smallest absolute Gasteiger partial charge is 0.253 e. The second-order valence-corrected chi connectivity index (χ2v) is 5.93. The highest BCUT2D eigenvalue weighted by molar-refractivity contribution is 5.94. The van der Waals surface area contributed by atoms with Crippen LogP contribution in [0.4, 0.5) is 0 Å². The Morgan fingerprint density at radius 2 is 1.95 bits per heavy atom. The van der Waals surface area contributed by atoms with Gasteiger partial charge in [0.25, 0.3) is 5.91 Å². The number of carbonyl (C=O) groups is 1. The zero-order chi connectivity index (χ0) is 15.9. The molecule has 1 aliphatic heterocycles. The van der Waals surface area contributed by atoms with Crippen LogP contribution in [-0.2, 0) is 0 Å². The van der Waals surface area contributed by atoms with Gasteiger partial charge >= 0.3 is 0 Å². The topological polar surface area (TPSA) is 32.8 Å². The lowest BCUT2D eigenvalue weighted by Crippen LogP contribution is -2.35. The first-order valence-corrected chi connectivity index (χ1v) is 7.99. The third-order valence-electron chi connectivity index (χ3n) is 3.74. The fraction of sp³-hybridized carbons (Fsp3) is 0.500. The lowest BCUT2D eigenvalue weighted by atomic mass is 10.2. The van der Waals surface area contributed by atoms with Crippen molar-refractivity contribution in [3.63, 3.8) is 0 Å². The number of hydrogen-bond acceptors (Lipinski definition) is 3. The van der Waals surface area contributed by atoms with Crippen LogP contribution in [-0.4, -0.2) is 54.5 Å². The van der Waals surface area contributed by atoms with Gasteiger partial charge in [-0.1, -0.05) is 6.08 Å². The highest BCUT2D eigenvalue weighted by Crippen LogP contribution is 2.16. The summed E-state index contributed by atoms with van der Waals surface area (Å²) in [5, 5.41) is 0. The first-order valence-electron chi connectivity index (χ1n) is 7.99. The summed E-state index contributed by atoms with van der Waals surface area (Å²) in [6.45, 7) is 12.2. The molecule has 2 rings (SSSR count). The molecule has 4 heteroatoms. The number of carbonyl (C=O) groups excluding carboxylic acids is 1. The quantitative estimate of drug-likeness (QED) is 0.784. The van der Waals surface area contributed by atoms with Crippen LogP contribution in [0.5, 0.6) is 5.75 Å². The minimum absolute atomic E-state index is 0.108. The SMILES string of the molecule is C=CCN1CCCN(C(=O)c2ccc(OC(C)C)cc2)CC1. The molecule has 1 aliphatic rings. The molecule has 1 heterocycles.